The Labute approximate surface area is 152 Å². The summed E-state index contributed by atoms with van der Waals surface area (Å²) in [5.41, 5.74) is 1.10. The standard InChI is InChI=1S/C19H23ClN2OS/c1-21(14-18-6-3-11-24-18)17-7-8-19(23)22(10-9-17)13-15-4-2-5-16(20)12-15/h2-6,11-12,17H,7-10,13-14H2,1H3. The highest BCUT2D eigenvalue weighted by atomic mass is 35.5. The van der Waals surface area contributed by atoms with Crippen molar-refractivity contribution < 1.29 is 4.79 Å². The largest absolute Gasteiger partial charge is 0.338 e. The molecular formula is C19H23ClN2OS. The smallest absolute Gasteiger partial charge is 0.222 e. The number of carbonyl (C=O) groups excluding carboxylic acids is 1. The van der Waals surface area contributed by atoms with Crippen molar-refractivity contribution in [1.82, 2.24) is 9.80 Å². The molecule has 1 fully saturated rings. The lowest BCUT2D eigenvalue weighted by Gasteiger charge is -2.26. The van der Waals surface area contributed by atoms with E-state index < -0.39 is 0 Å². The molecule has 0 N–H and O–H groups in total. The molecule has 0 radical (unpaired) electrons. The highest BCUT2D eigenvalue weighted by Gasteiger charge is 2.25. The van der Waals surface area contributed by atoms with Gasteiger partial charge in [0, 0.05) is 42.0 Å². The first kappa shape index (κ1) is 17.5. The van der Waals surface area contributed by atoms with Crippen LogP contribution >= 0.6 is 22.9 Å². The van der Waals surface area contributed by atoms with Crippen molar-refractivity contribution in [3.63, 3.8) is 0 Å². The van der Waals surface area contributed by atoms with Crippen LogP contribution in [-0.4, -0.2) is 35.3 Å². The molecule has 5 heteroatoms. The zero-order valence-electron chi connectivity index (χ0n) is 14.0. The molecule has 1 aromatic heterocycles. The number of halogens is 1. The van der Waals surface area contributed by atoms with Gasteiger partial charge in [0.1, 0.15) is 0 Å². The molecule has 2 aromatic rings. The minimum absolute atomic E-state index is 0.252. The van der Waals surface area contributed by atoms with E-state index in [0.29, 0.717) is 19.0 Å². The Morgan fingerprint density at radius 3 is 2.92 bits per heavy atom. The average Bonchev–Trinajstić information content (AvgIpc) is 2.99. The van der Waals surface area contributed by atoms with E-state index in [0.717, 1.165) is 36.5 Å². The molecule has 1 aromatic carbocycles. The topological polar surface area (TPSA) is 23.6 Å². The summed E-state index contributed by atoms with van der Waals surface area (Å²) in [6, 6.07) is 12.5. The van der Waals surface area contributed by atoms with Gasteiger partial charge in [0.05, 0.1) is 0 Å². The van der Waals surface area contributed by atoms with Crippen LogP contribution in [0.1, 0.15) is 29.7 Å². The molecule has 1 saturated heterocycles. The van der Waals surface area contributed by atoms with Crippen LogP contribution in [0.25, 0.3) is 0 Å². The second kappa shape index (κ2) is 8.15. The lowest BCUT2D eigenvalue weighted by Crippen LogP contribution is -2.33. The number of hydrogen-bond acceptors (Lipinski definition) is 3. The molecule has 3 nitrogen and oxygen atoms in total. The van der Waals surface area contributed by atoms with Crippen LogP contribution in [0, 0.1) is 0 Å². The van der Waals surface area contributed by atoms with Crippen LogP contribution in [0.15, 0.2) is 41.8 Å². The van der Waals surface area contributed by atoms with Gasteiger partial charge in [-0.25, -0.2) is 0 Å². The van der Waals surface area contributed by atoms with E-state index in [1.54, 1.807) is 11.3 Å². The van der Waals surface area contributed by atoms with Gasteiger partial charge >= 0.3 is 0 Å². The molecule has 1 atom stereocenters. The Morgan fingerprint density at radius 1 is 1.29 bits per heavy atom. The summed E-state index contributed by atoms with van der Waals surface area (Å²) in [5, 5.41) is 2.84. The predicted molar refractivity (Wildman–Crippen MR) is 100 cm³/mol. The number of rotatable bonds is 5. The van der Waals surface area contributed by atoms with E-state index in [4.69, 9.17) is 11.6 Å². The zero-order chi connectivity index (χ0) is 16.9. The van der Waals surface area contributed by atoms with Crippen molar-refractivity contribution in [3.05, 3.63) is 57.2 Å². The molecule has 24 heavy (non-hydrogen) atoms. The minimum Gasteiger partial charge on any atom is -0.338 e. The van der Waals surface area contributed by atoms with E-state index in [-0.39, 0.29) is 5.91 Å². The highest BCUT2D eigenvalue weighted by Crippen LogP contribution is 2.22. The fraction of sp³-hybridized carbons (Fsp3) is 0.421. The summed E-state index contributed by atoms with van der Waals surface area (Å²) < 4.78 is 0. The number of nitrogens with zero attached hydrogens (tertiary/aromatic N) is 2. The molecule has 0 saturated carbocycles. The maximum atomic E-state index is 12.5. The van der Waals surface area contributed by atoms with Crippen molar-refractivity contribution in [2.45, 2.75) is 38.4 Å². The van der Waals surface area contributed by atoms with Crippen LogP contribution < -0.4 is 0 Å². The molecule has 2 heterocycles. The van der Waals surface area contributed by atoms with Crippen LogP contribution in [0.3, 0.4) is 0 Å². The van der Waals surface area contributed by atoms with E-state index in [2.05, 4.69) is 29.5 Å². The maximum Gasteiger partial charge on any atom is 0.222 e. The summed E-state index contributed by atoms with van der Waals surface area (Å²) in [6.45, 7) is 2.43. The first-order valence-corrected chi connectivity index (χ1v) is 9.62. The van der Waals surface area contributed by atoms with E-state index in [1.165, 1.54) is 4.88 Å². The van der Waals surface area contributed by atoms with Crippen molar-refractivity contribution in [1.29, 1.82) is 0 Å². The van der Waals surface area contributed by atoms with Crippen LogP contribution in [-0.2, 0) is 17.9 Å². The van der Waals surface area contributed by atoms with Crippen molar-refractivity contribution in [2.75, 3.05) is 13.6 Å². The van der Waals surface area contributed by atoms with Gasteiger partial charge in [-0.05, 0) is 49.0 Å². The molecule has 3 rings (SSSR count). The molecule has 0 spiro atoms. The molecule has 1 unspecified atom stereocenters. The third-order valence-corrected chi connectivity index (χ3v) is 5.74. The third-order valence-electron chi connectivity index (χ3n) is 4.65. The minimum atomic E-state index is 0.252. The van der Waals surface area contributed by atoms with Crippen LogP contribution in [0.5, 0.6) is 0 Å². The lowest BCUT2D eigenvalue weighted by atomic mass is 10.1. The number of thiophene rings is 1. The van der Waals surface area contributed by atoms with Crippen molar-refractivity contribution in [2.24, 2.45) is 0 Å². The van der Waals surface area contributed by atoms with Crippen LogP contribution in [0.2, 0.25) is 5.02 Å². The lowest BCUT2D eigenvalue weighted by molar-refractivity contribution is -0.131. The Balaban J connectivity index is 1.59. The fourth-order valence-electron chi connectivity index (χ4n) is 3.26. The Hall–Kier alpha value is -1.36. The second-order valence-electron chi connectivity index (χ2n) is 6.42. The molecule has 128 valence electrons. The van der Waals surface area contributed by atoms with Gasteiger partial charge in [0.25, 0.3) is 0 Å². The van der Waals surface area contributed by atoms with Crippen molar-refractivity contribution >= 4 is 28.8 Å². The molecule has 0 aliphatic carbocycles. The normalized spacial score (nSPS) is 18.9. The number of likely N-dealkylation sites (tertiary alicyclic amines) is 1. The Kier molecular flexibility index (Phi) is 5.93. The number of amides is 1. The molecular weight excluding hydrogens is 340 g/mol. The summed E-state index contributed by atoms with van der Waals surface area (Å²) in [4.78, 5) is 18.2. The van der Waals surface area contributed by atoms with E-state index in [1.807, 2.05) is 29.2 Å². The second-order valence-corrected chi connectivity index (χ2v) is 7.89. The number of carbonyl (C=O) groups is 1. The molecule has 0 bridgehead atoms. The Bertz CT molecular complexity index is 674. The van der Waals surface area contributed by atoms with Crippen molar-refractivity contribution in [3.8, 4) is 0 Å². The zero-order valence-corrected chi connectivity index (χ0v) is 15.5. The predicted octanol–water partition coefficient (Wildman–Crippen LogP) is 4.41. The summed E-state index contributed by atoms with van der Waals surface area (Å²) >= 11 is 7.85. The molecule has 1 aliphatic rings. The van der Waals surface area contributed by atoms with Gasteiger partial charge in [0.2, 0.25) is 5.91 Å². The van der Waals surface area contributed by atoms with Gasteiger partial charge in [-0.1, -0.05) is 29.8 Å². The van der Waals surface area contributed by atoms with Crippen LogP contribution in [0.4, 0.5) is 0 Å². The van der Waals surface area contributed by atoms with Gasteiger partial charge in [-0.15, -0.1) is 11.3 Å². The summed E-state index contributed by atoms with van der Waals surface area (Å²) in [5.74, 6) is 0.252. The third kappa shape index (κ3) is 4.59. The monoisotopic (exact) mass is 362 g/mol. The van der Waals surface area contributed by atoms with E-state index >= 15 is 0 Å². The molecule has 1 amide bonds. The van der Waals surface area contributed by atoms with Gasteiger partial charge in [-0.3, -0.25) is 9.69 Å². The van der Waals surface area contributed by atoms with Gasteiger partial charge in [-0.2, -0.15) is 0 Å². The quantitative estimate of drug-likeness (QED) is 0.786. The van der Waals surface area contributed by atoms with Gasteiger partial charge < -0.3 is 4.90 Å². The number of benzene rings is 1. The summed E-state index contributed by atoms with van der Waals surface area (Å²) in [7, 11) is 2.17. The first-order valence-electron chi connectivity index (χ1n) is 8.36. The maximum absolute atomic E-state index is 12.5. The fourth-order valence-corrected chi connectivity index (χ4v) is 4.24. The Morgan fingerprint density at radius 2 is 2.17 bits per heavy atom. The average molecular weight is 363 g/mol. The highest BCUT2D eigenvalue weighted by molar-refractivity contribution is 7.09. The summed E-state index contributed by atoms with van der Waals surface area (Å²) in [6.07, 6.45) is 2.58. The SMILES string of the molecule is CN(Cc1cccs1)C1CCC(=O)N(Cc2cccc(Cl)c2)CC1. The number of hydrogen-bond donors (Lipinski definition) is 0. The molecule has 1 aliphatic heterocycles. The van der Waals surface area contributed by atoms with E-state index in [9.17, 15) is 4.79 Å². The first-order chi connectivity index (χ1) is 11.6. The van der Waals surface area contributed by atoms with Gasteiger partial charge in [0.15, 0.2) is 0 Å².